The van der Waals surface area contributed by atoms with Crippen LogP contribution < -0.4 is 20.3 Å². The van der Waals surface area contributed by atoms with E-state index in [0.29, 0.717) is 37.9 Å². The Morgan fingerprint density at radius 1 is 1.37 bits per heavy atom. The minimum Gasteiger partial charge on any atom is -0.433 e. The lowest BCUT2D eigenvalue weighted by Gasteiger charge is -2.22. The number of carbonyl (C=O) groups is 1. The maximum absolute atomic E-state index is 12.7. The van der Waals surface area contributed by atoms with Crippen molar-refractivity contribution in [1.29, 1.82) is 0 Å². The molecule has 1 aliphatic rings. The number of anilines is 1. The van der Waals surface area contributed by atoms with Crippen LogP contribution in [0.15, 0.2) is 29.3 Å². The van der Waals surface area contributed by atoms with Gasteiger partial charge in [-0.2, -0.15) is 8.78 Å². The Morgan fingerprint density at radius 3 is 2.77 bits per heavy atom. The number of carbonyl (C=O) groups excluding carboxylic acids is 1. The van der Waals surface area contributed by atoms with Crippen molar-refractivity contribution >= 4 is 41.5 Å². The molecule has 1 heterocycles. The summed E-state index contributed by atoms with van der Waals surface area (Å²) in [5.41, 5.74) is 0.630. The standard InChI is InChI=1S/C19H29F2N5O3.HI/c1-25(2)17(27)12-23-19(22-9-11-28-3)24-14-8-10-26(13-14)15-6-4-5-7-16(15)29-18(20)21;/h4-7,14,18H,8-13H2,1-3H3,(H2,22,23,24);1H. The summed E-state index contributed by atoms with van der Waals surface area (Å²) < 4.78 is 35.0. The predicted molar refractivity (Wildman–Crippen MR) is 123 cm³/mol. The van der Waals surface area contributed by atoms with Gasteiger partial charge in [0, 0.05) is 46.9 Å². The van der Waals surface area contributed by atoms with Crippen LogP contribution in [0.25, 0.3) is 0 Å². The van der Waals surface area contributed by atoms with Crippen LogP contribution >= 0.6 is 24.0 Å². The molecule has 0 radical (unpaired) electrons. The highest BCUT2D eigenvalue weighted by Gasteiger charge is 2.26. The van der Waals surface area contributed by atoms with Crippen LogP contribution in [-0.4, -0.2) is 83.4 Å². The average Bonchev–Trinajstić information content (AvgIpc) is 3.14. The molecule has 0 bridgehead atoms. The van der Waals surface area contributed by atoms with Gasteiger partial charge in [0.1, 0.15) is 12.3 Å². The van der Waals surface area contributed by atoms with E-state index in [4.69, 9.17) is 4.74 Å². The molecule has 170 valence electrons. The molecule has 30 heavy (non-hydrogen) atoms. The summed E-state index contributed by atoms with van der Waals surface area (Å²) in [6.45, 7) is -0.529. The van der Waals surface area contributed by atoms with Gasteiger partial charge in [-0.1, -0.05) is 12.1 Å². The summed E-state index contributed by atoms with van der Waals surface area (Å²) in [5, 5.41) is 6.45. The summed E-state index contributed by atoms with van der Waals surface area (Å²) in [5.74, 6) is 0.567. The number of hydrogen-bond acceptors (Lipinski definition) is 5. The van der Waals surface area contributed by atoms with Crippen molar-refractivity contribution < 1.29 is 23.0 Å². The van der Waals surface area contributed by atoms with Gasteiger partial charge in [0.25, 0.3) is 0 Å². The fourth-order valence-electron chi connectivity index (χ4n) is 2.92. The van der Waals surface area contributed by atoms with E-state index in [1.165, 1.54) is 11.0 Å². The van der Waals surface area contributed by atoms with E-state index >= 15 is 0 Å². The maximum atomic E-state index is 12.7. The van der Waals surface area contributed by atoms with Crippen LogP contribution in [0.5, 0.6) is 5.75 Å². The Kier molecular flexibility index (Phi) is 11.7. The second kappa shape index (κ2) is 13.4. The lowest BCUT2D eigenvalue weighted by molar-refractivity contribution is -0.127. The van der Waals surface area contributed by atoms with E-state index in [0.717, 1.165) is 6.42 Å². The molecule has 1 atom stereocenters. The summed E-state index contributed by atoms with van der Waals surface area (Å²) in [4.78, 5) is 19.6. The fourth-order valence-corrected chi connectivity index (χ4v) is 2.92. The molecule has 1 fully saturated rings. The first kappa shape index (κ1) is 26.1. The van der Waals surface area contributed by atoms with Gasteiger partial charge < -0.3 is 29.9 Å². The van der Waals surface area contributed by atoms with Crippen molar-refractivity contribution in [2.24, 2.45) is 4.99 Å². The van der Waals surface area contributed by atoms with E-state index in [1.54, 1.807) is 39.4 Å². The van der Waals surface area contributed by atoms with Crippen LogP contribution in [0.1, 0.15) is 6.42 Å². The van der Waals surface area contributed by atoms with Gasteiger partial charge in [0.05, 0.1) is 12.3 Å². The molecule has 2 rings (SSSR count). The zero-order valence-electron chi connectivity index (χ0n) is 17.4. The lowest BCUT2D eigenvalue weighted by Crippen LogP contribution is -2.46. The molecular formula is C19H30F2IN5O3. The number of para-hydroxylation sites is 2. The summed E-state index contributed by atoms with van der Waals surface area (Å²) in [6, 6.07) is 6.80. The summed E-state index contributed by atoms with van der Waals surface area (Å²) >= 11 is 0. The molecule has 0 aliphatic carbocycles. The highest BCUT2D eigenvalue weighted by Crippen LogP contribution is 2.31. The maximum Gasteiger partial charge on any atom is 0.387 e. The molecule has 2 N–H and O–H groups in total. The number of hydrogen-bond donors (Lipinski definition) is 2. The van der Waals surface area contributed by atoms with Gasteiger partial charge in [-0.3, -0.25) is 4.79 Å². The number of guanidine groups is 1. The summed E-state index contributed by atoms with van der Waals surface area (Å²) in [6.07, 6.45) is 0.787. The highest BCUT2D eigenvalue weighted by atomic mass is 127. The van der Waals surface area contributed by atoms with Crippen molar-refractivity contribution in [2.75, 3.05) is 58.9 Å². The number of alkyl halides is 2. The molecule has 1 saturated heterocycles. The third-order valence-electron chi connectivity index (χ3n) is 4.42. The Balaban J connectivity index is 0.00000450. The largest absolute Gasteiger partial charge is 0.433 e. The molecule has 0 spiro atoms. The van der Waals surface area contributed by atoms with Crippen LogP contribution in [-0.2, 0) is 9.53 Å². The highest BCUT2D eigenvalue weighted by molar-refractivity contribution is 14.0. The number of nitrogens with zero attached hydrogens (tertiary/aromatic N) is 3. The molecule has 1 aromatic carbocycles. The van der Waals surface area contributed by atoms with Gasteiger partial charge in [-0.25, -0.2) is 4.99 Å². The topological polar surface area (TPSA) is 78.4 Å². The van der Waals surface area contributed by atoms with E-state index in [2.05, 4.69) is 20.4 Å². The van der Waals surface area contributed by atoms with Gasteiger partial charge in [-0.15, -0.1) is 24.0 Å². The molecule has 8 nitrogen and oxygen atoms in total. The Hall–Kier alpha value is -1.89. The number of methoxy groups -OCH3 is 1. The fraction of sp³-hybridized carbons (Fsp3) is 0.579. The number of ether oxygens (including phenoxy) is 2. The molecule has 1 aromatic rings. The van der Waals surface area contributed by atoms with Crippen molar-refractivity contribution in [3.05, 3.63) is 24.3 Å². The average molecular weight is 541 g/mol. The molecular weight excluding hydrogens is 511 g/mol. The second-order valence-electron chi connectivity index (χ2n) is 6.79. The molecule has 1 aliphatic heterocycles. The van der Waals surface area contributed by atoms with Gasteiger partial charge in [0.2, 0.25) is 5.91 Å². The van der Waals surface area contributed by atoms with Crippen LogP contribution in [0.3, 0.4) is 0 Å². The minimum absolute atomic E-state index is 0. The summed E-state index contributed by atoms with van der Waals surface area (Å²) in [7, 11) is 4.96. The Bertz CT molecular complexity index is 694. The second-order valence-corrected chi connectivity index (χ2v) is 6.79. The zero-order chi connectivity index (χ0) is 21.2. The molecule has 0 aromatic heterocycles. The van der Waals surface area contributed by atoms with Crippen LogP contribution in [0.4, 0.5) is 14.5 Å². The first-order valence-electron chi connectivity index (χ1n) is 9.43. The Morgan fingerprint density at radius 2 is 2.10 bits per heavy atom. The van der Waals surface area contributed by atoms with Crippen molar-refractivity contribution in [3.8, 4) is 5.75 Å². The predicted octanol–water partition coefficient (Wildman–Crippen LogP) is 1.75. The zero-order valence-corrected chi connectivity index (χ0v) is 19.8. The van der Waals surface area contributed by atoms with E-state index in [-0.39, 0.29) is 48.2 Å². The number of rotatable bonds is 9. The van der Waals surface area contributed by atoms with E-state index in [1.807, 2.05) is 4.90 Å². The van der Waals surface area contributed by atoms with Gasteiger partial charge in [-0.05, 0) is 18.6 Å². The quantitative estimate of drug-likeness (QED) is 0.215. The van der Waals surface area contributed by atoms with Crippen molar-refractivity contribution in [2.45, 2.75) is 19.1 Å². The number of aliphatic imine (C=N–C) groups is 1. The monoisotopic (exact) mass is 541 g/mol. The number of halogens is 3. The number of nitrogens with one attached hydrogen (secondary N) is 2. The van der Waals surface area contributed by atoms with Gasteiger partial charge in [0.15, 0.2) is 5.96 Å². The van der Waals surface area contributed by atoms with Gasteiger partial charge >= 0.3 is 6.61 Å². The molecule has 1 unspecified atom stereocenters. The molecule has 0 saturated carbocycles. The lowest BCUT2D eigenvalue weighted by atomic mass is 10.2. The SMILES string of the molecule is COCCNC(=NCC(=O)N(C)C)NC1CCN(c2ccccc2OC(F)F)C1.I. The van der Waals surface area contributed by atoms with Crippen LogP contribution in [0.2, 0.25) is 0 Å². The first-order valence-corrected chi connectivity index (χ1v) is 9.43. The van der Waals surface area contributed by atoms with E-state index in [9.17, 15) is 13.6 Å². The first-order chi connectivity index (χ1) is 13.9. The smallest absolute Gasteiger partial charge is 0.387 e. The van der Waals surface area contributed by atoms with Crippen molar-refractivity contribution in [1.82, 2.24) is 15.5 Å². The third-order valence-corrected chi connectivity index (χ3v) is 4.42. The van der Waals surface area contributed by atoms with Crippen molar-refractivity contribution in [3.63, 3.8) is 0 Å². The molecule has 11 heteroatoms. The number of likely N-dealkylation sites (N-methyl/N-ethyl adjacent to an activating group) is 1. The number of benzene rings is 1. The Labute approximate surface area is 193 Å². The normalized spacial score (nSPS) is 16.3. The third kappa shape index (κ3) is 8.46. The number of amides is 1. The van der Waals surface area contributed by atoms with E-state index < -0.39 is 6.61 Å². The minimum atomic E-state index is -2.87. The van der Waals surface area contributed by atoms with Crippen LogP contribution in [0, 0.1) is 0 Å². The molecule has 1 amide bonds.